The minimum atomic E-state index is -2.81. The van der Waals surface area contributed by atoms with Crippen molar-refractivity contribution in [2.75, 3.05) is 31.6 Å². The van der Waals surface area contributed by atoms with E-state index < -0.39 is 9.84 Å². The molecule has 2 fully saturated rings. The predicted molar refractivity (Wildman–Crippen MR) is 99.5 cm³/mol. The summed E-state index contributed by atoms with van der Waals surface area (Å²) in [5, 5.41) is 7.24. The molecule has 2 aliphatic rings. The second-order valence-electron chi connectivity index (χ2n) is 7.52. The summed E-state index contributed by atoms with van der Waals surface area (Å²) in [6.07, 6.45) is 6.99. The highest BCUT2D eigenvalue weighted by atomic mass is 32.2. The smallest absolute Gasteiger partial charge is 0.317 e. The first-order chi connectivity index (χ1) is 12.3. The van der Waals surface area contributed by atoms with Crippen molar-refractivity contribution in [3.63, 3.8) is 0 Å². The van der Waals surface area contributed by atoms with E-state index in [1.54, 1.807) is 22.8 Å². The second kappa shape index (κ2) is 7.96. The van der Waals surface area contributed by atoms with Crippen molar-refractivity contribution in [1.29, 1.82) is 0 Å². The zero-order valence-electron chi connectivity index (χ0n) is 15.6. The molecule has 0 aromatic carbocycles. The average molecular weight is 384 g/mol. The number of sulfone groups is 1. The molecule has 0 bridgehead atoms. The Bertz CT molecular complexity index is 711. The summed E-state index contributed by atoms with van der Waals surface area (Å²) in [5.41, 5.74) is 1.01. The summed E-state index contributed by atoms with van der Waals surface area (Å²) in [6, 6.07) is 0.502. The van der Waals surface area contributed by atoms with Crippen LogP contribution in [0, 0.1) is 0 Å². The van der Waals surface area contributed by atoms with E-state index in [0.29, 0.717) is 24.1 Å². The molecular formula is C17H29N5O3S. The number of amides is 2. The van der Waals surface area contributed by atoms with E-state index in [9.17, 15) is 13.2 Å². The molecule has 2 aliphatic heterocycles. The van der Waals surface area contributed by atoms with Crippen LogP contribution in [0.15, 0.2) is 12.4 Å². The standard InChI is InChI=1S/C17H29N5O3S/c1-20(12-14-11-18-21(2)13-14)17(23)19-15-3-7-22(8-4-15)16-5-9-26(24,25)10-6-16/h11,13,15-16H,3-10,12H2,1-2H3,(H,19,23). The molecule has 2 amide bonds. The molecule has 2 saturated heterocycles. The number of hydrogen-bond donors (Lipinski definition) is 1. The number of nitrogens with zero attached hydrogens (tertiary/aromatic N) is 4. The third kappa shape index (κ3) is 4.97. The topological polar surface area (TPSA) is 87.5 Å². The van der Waals surface area contributed by atoms with Crippen LogP contribution < -0.4 is 5.32 Å². The quantitative estimate of drug-likeness (QED) is 0.823. The number of carbonyl (C=O) groups excluding carboxylic acids is 1. The summed E-state index contributed by atoms with van der Waals surface area (Å²) in [7, 11) is 0.842. The number of aromatic nitrogens is 2. The van der Waals surface area contributed by atoms with Gasteiger partial charge in [0.15, 0.2) is 0 Å². The maximum Gasteiger partial charge on any atom is 0.317 e. The van der Waals surface area contributed by atoms with E-state index >= 15 is 0 Å². The fourth-order valence-electron chi connectivity index (χ4n) is 3.84. The Morgan fingerprint density at radius 2 is 1.92 bits per heavy atom. The maximum atomic E-state index is 12.4. The van der Waals surface area contributed by atoms with Gasteiger partial charge in [-0.15, -0.1) is 0 Å². The van der Waals surface area contributed by atoms with Gasteiger partial charge >= 0.3 is 6.03 Å². The summed E-state index contributed by atoms with van der Waals surface area (Å²) in [4.78, 5) is 16.5. The summed E-state index contributed by atoms with van der Waals surface area (Å²) >= 11 is 0. The normalized spacial score (nSPS) is 22.2. The number of rotatable bonds is 4. The van der Waals surface area contributed by atoms with Gasteiger partial charge in [-0.1, -0.05) is 0 Å². The highest BCUT2D eigenvalue weighted by Gasteiger charge is 2.31. The molecule has 0 spiro atoms. The molecule has 0 saturated carbocycles. The highest BCUT2D eigenvalue weighted by Crippen LogP contribution is 2.22. The van der Waals surface area contributed by atoms with Crippen LogP contribution in [-0.2, 0) is 23.4 Å². The first-order valence-electron chi connectivity index (χ1n) is 9.26. The number of likely N-dealkylation sites (tertiary alicyclic amines) is 1. The van der Waals surface area contributed by atoms with Crippen molar-refractivity contribution < 1.29 is 13.2 Å². The second-order valence-corrected chi connectivity index (χ2v) is 9.82. The Morgan fingerprint density at radius 1 is 1.27 bits per heavy atom. The fraction of sp³-hybridized carbons (Fsp3) is 0.765. The zero-order valence-corrected chi connectivity index (χ0v) is 16.4. The average Bonchev–Trinajstić information content (AvgIpc) is 3.00. The molecule has 0 aliphatic carbocycles. The van der Waals surface area contributed by atoms with Gasteiger partial charge in [-0.25, -0.2) is 13.2 Å². The molecule has 1 aromatic heterocycles. The molecule has 0 atom stereocenters. The third-order valence-electron chi connectivity index (χ3n) is 5.42. The molecule has 3 rings (SSSR count). The van der Waals surface area contributed by atoms with Crippen molar-refractivity contribution >= 4 is 15.9 Å². The molecule has 1 N–H and O–H groups in total. The summed E-state index contributed by atoms with van der Waals surface area (Å²) < 4.78 is 24.9. The van der Waals surface area contributed by atoms with E-state index in [0.717, 1.165) is 44.3 Å². The minimum absolute atomic E-state index is 0.0592. The summed E-state index contributed by atoms with van der Waals surface area (Å²) in [6.45, 7) is 2.37. The molecule has 8 nitrogen and oxygen atoms in total. The van der Waals surface area contributed by atoms with Gasteiger partial charge in [-0.05, 0) is 25.7 Å². The van der Waals surface area contributed by atoms with Gasteiger partial charge < -0.3 is 15.1 Å². The maximum absolute atomic E-state index is 12.4. The lowest BCUT2D eigenvalue weighted by atomic mass is 10.0. The van der Waals surface area contributed by atoms with Crippen LogP contribution in [0.3, 0.4) is 0 Å². The Morgan fingerprint density at radius 3 is 2.50 bits per heavy atom. The van der Waals surface area contributed by atoms with Gasteiger partial charge in [0.2, 0.25) is 0 Å². The number of urea groups is 1. The largest absolute Gasteiger partial charge is 0.335 e. The molecule has 9 heteroatoms. The number of piperidine rings is 1. The third-order valence-corrected chi connectivity index (χ3v) is 7.14. The van der Waals surface area contributed by atoms with Gasteiger partial charge in [0.25, 0.3) is 0 Å². The predicted octanol–water partition coefficient (Wildman–Crippen LogP) is 0.603. The van der Waals surface area contributed by atoms with Crippen LogP contribution in [0.1, 0.15) is 31.2 Å². The van der Waals surface area contributed by atoms with Crippen molar-refractivity contribution in [2.45, 2.75) is 44.3 Å². The van der Waals surface area contributed by atoms with Gasteiger partial charge in [0.05, 0.1) is 24.2 Å². The fourth-order valence-corrected chi connectivity index (χ4v) is 5.30. The van der Waals surface area contributed by atoms with E-state index in [1.807, 2.05) is 13.2 Å². The molecule has 0 radical (unpaired) electrons. The molecule has 3 heterocycles. The van der Waals surface area contributed by atoms with Crippen molar-refractivity contribution in [3.8, 4) is 0 Å². The molecule has 0 unspecified atom stereocenters. The lowest BCUT2D eigenvalue weighted by molar-refractivity contribution is 0.132. The van der Waals surface area contributed by atoms with Gasteiger partial charge in [-0.2, -0.15) is 5.10 Å². The van der Waals surface area contributed by atoms with Crippen LogP contribution in [0.5, 0.6) is 0 Å². The monoisotopic (exact) mass is 383 g/mol. The van der Waals surface area contributed by atoms with E-state index in [1.165, 1.54) is 0 Å². The summed E-state index contributed by atoms with van der Waals surface area (Å²) in [5.74, 6) is 0.626. The lowest BCUT2D eigenvalue weighted by Gasteiger charge is -2.39. The first kappa shape index (κ1) is 19.2. The minimum Gasteiger partial charge on any atom is -0.335 e. The van der Waals surface area contributed by atoms with Crippen molar-refractivity contribution in [2.24, 2.45) is 7.05 Å². The van der Waals surface area contributed by atoms with Crippen LogP contribution in [-0.4, -0.2) is 77.8 Å². The Balaban J connectivity index is 1.41. The molecule has 146 valence electrons. The van der Waals surface area contributed by atoms with Gasteiger partial charge in [-0.3, -0.25) is 4.68 Å². The SMILES string of the molecule is CN(Cc1cnn(C)c1)C(=O)NC1CCN(C2CCS(=O)(=O)CC2)CC1. The van der Waals surface area contributed by atoms with Gasteiger partial charge in [0.1, 0.15) is 9.84 Å². The Kier molecular flexibility index (Phi) is 5.86. The van der Waals surface area contributed by atoms with Crippen molar-refractivity contribution in [1.82, 2.24) is 24.9 Å². The number of carbonyl (C=O) groups is 1. The number of hydrogen-bond acceptors (Lipinski definition) is 5. The number of nitrogens with one attached hydrogen (secondary N) is 1. The van der Waals surface area contributed by atoms with Gasteiger partial charge in [0, 0.05) is 51.0 Å². The highest BCUT2D eigenvalue weighted by molar-refractivity contribution is 7.91. The van der Waals surface area contributed by atoms with E-state index in [2.05, 4.69) is 15.3 Å². The zero-order chi connectivity index (χ0) is 18.7. The molecule has 1 aromatic rings. The Labute approximate surface area is 155 Å². The van der Waals surface area contributed by atoms with Crippen LogP contribution >= 0.6 is 0 Å². The van der Waals surface area contributed by atoms with Crippen LogP contribution in [0.25, 0.3) is 0 Å². The van der Waals surface area contributed by atoms with Crippen LogP contribution in [0.2, 0.25) is 0 Å². The molecular weight excluding hydrogens is 354 g/mol. The van der Waals surface area contributed by atoms with Crippen molar-refractivity contribution in [3.05, 3.63) is 18.0 Å². The number of aryl methyl sites for hydroxylation is 1. The van der Waals surface area contributed by atoms with E-state index in [4.69, 9.17) is 0 Å². The lowest BCUT2D eigenvalue weighted by Crippen LogP contribution is -2.51. The van der Waals surface area contributed by atoms with Crippen LogP contribution in [0.4, 0.5) is 4.79 Å². The first-order valence-corrected chi connectivity index (χ1v) is 11.1. The van der Waals surface area contributed by atoms with E-state index in [-0.39, 0.29) is 12.1 Å². The Hall–Kier alpha value is -1.61. The molecule has 26 heavy (non-hydrogen) atoms.